The minimum Gasteiger partial charge on any atom is -0.360 e. The fourth-order valence-corrected chi connectivity index (χ4v) is 3.21. The summed E-state index contributed by atoms with van der Waals surface area (Å²) in [7, 11) is 0. The highest BCUT2D eigenvalue weighted by atomic mass is 16.2. The number of carbonyl (C=O) groups excluding carboxylic acids is 2. The zero-order chi connectivity index (χ0) is 21.6. The summed E-state index contributed by atoms with van der Waals surface area (Å²) in [5.41, 5.74) is 2.19. The van der Waals surface area contributed by atoms with Crippen LogP contribution >= 0.6 is 0 Å². The third kappa shape index (κ3) is 4.69. The molecule has 0 atom stereocenters. The number of rotatable bonds is 7. The van der Waals surface area contributed by atoms with Crippen LogP contribution < -0.4 is 16.1 Å². The average molecular weight is 415 g/mol. The smallest absolute Gasteiger partial charge is 0.257 e. The topological polar surface area (TPSA) is 109 Å². The highest BCUT2D eigenvalue weighted by Gasteiger charge is 2.13. The Morgan fingerprint density at radius 1 is 1.00 bits per heavy atom. The number of pyridine rings is 1. The predicted molar refractivity (Wildman–Crippen MR) is 117 cm³/mol. The lowest BCUT2D eigenvalue weighted by atomic mass is 10.1. The number of fused-ring (bicyclic) bond motifs is 1. The molecule has 2 heterocycles. The number of H-pyrrole nitrogens is 1. The second-order valence-corrected chi connectivity index (χ2v) is 6.99. The van der Waals surface area contributed by atoms with Gasteiger partial charge in [-0.3, -0.25) is 14.4 Å². The number of carbonyl (C=O) groups is 2. The number of aromatic nitrogens is 3. The van der Waals surface area contributed by atoms with Crippen LogP contribution in [0.1, 0.15) is 15.9 Å². The molecule has 8 nitrogen and oxygen atoms in total. The molecule has 0 saturated heterocycles. The van der Waals surface area contributed by atoms with Crippen LogP contribution in [0.2, 0.25) is 0 Å². The molecular formula is C23H21N5O3. The number of hydrogen-bond acceptors (Lipinski definition) is 4. The molecule has 0 saturated carbocycles. The maximum absolute atomic E-state index is 12.5. The van der Waals surface area contributed by atoms with E-state index in [-0.39, 0.29) is 23.4 Å². The summed E-state index contributed by atoms with van der Waals surface area (Å²) in [5, 5.41) is 9.99. The molecule has 8 heteroatoms. The molecule has 4 rings (SSSR count). The van der Waals surface area contributed by atoms with Crippen LogP contribution in [0.25, 0.3) is 16.6 Å². The van der Waals surface area contributed by atoms with Crippen LogP contribution in [-0.2, 0) is 11.2 Å². The lowest BCUT2D eigenvalue weighted by molar-refractivity contribution is -0.120. The van der Waals surface area contributed by atoms with Gasteiger partial charge >= 0.3 is 0 Å². The van der Waals surface area contributed by atoms with Crippen LogP contribution in [0.5, 0.6) is 0 Å². The Bertz CT molecular complexity index is 1280. The molecule has 2 aromatic heterocycles. The maximum Gasteiger partial charge on any atom is 0.257 e. The van der Waals surface area contributed by atoms with Crippen molar-refractivity contribution >= 4 is 22.7 Å². The molecule has 2 amide bonds. The van der Waals surface area contributed by atoms with Gasteiger partial charge in [0.15, 0.2) is 0 Å². The lowest BCUT2D eigenvalue weighted by Gasteiger charge is -2.07. The first kappa shape index (κ1) is 20.1. The summed E-state index contributed by atoms with van der Waals surface area (Å²) >= 11 is 0. The monoisotopic (exact) mass is 415 g/mol. The number of nitrogens with zero attached hydrogens (tertiary/aromatic N) is 2. The Kier molecular flexibility index (Phi) is 5.89. The second kappa shape index (κ2) is 9.08. The maximum atomic E-state index is 12.5. The third-order valence-corrected chi connectivity index (χ3v) is 4.84. The van der Waals surface area contributed by atoms with E-state index in [1.54, 1.807) is 35.1 Å². The van der Waals surface area contributed by atoms with Crippen molar-refractivity contribution in [2.45, 2.75) is 6.42 Å². The van der Waals surface area contributed by atoms with Crippen molar-refractivity contribution < 1.29 is 9.59 Å². The summed E-state index contributed by atoms with van der Waals surface area (Å²) in [6.07, 6.45) is 5.64. The van der Waals surface area contributed by atoms with Crippen molar-refractivity contribution in [3.05, 3.63) is 94.5 Å². The van der Waals surface area contributed by atoms with Gasteiger partial charge in [-0.1, -0.05) is 30.3 Å². The number of benzene rings is 2. The molecule has 2 aromatic carbocycles. The molecular weight excluding hydrogens is 394 g/mol. The third-order valence-electron chi connectivity index (χ3n) is 4.84. The van der Waals surface area contributed by atoms with Gasteiger partial charge in [-0.05, 0) is 36.2 Å². The van der Waals surface area contributed by atoms with Gasteiger partial charge in [-0.2, -0.15) is 5.10 Å². The molecule has 0 fully saturated rings. The minimum atomic E-state index is -0.591. The molecule has 0 aliphatic rings. The van der Waals surface area contributed by atoms with Gasteiger partial charge in [-0.15, -0.1) is 0 Å². The van der Waals surface area contributed by atoms with Crippen LogP contribution in [0, 0.1) is 0 Å². The molecule has 3 N–H and O–H groups in total. The molecule has 156 valence electrons. The van der Waals surface area contributed by atoms with E-state index in [4.69, 9.17) is 0 Å². The summed E-state index contributed by atoms with van der Waals surface area (Å²) < 4.78 is 1.78. The van der Waals surface area contributed by atoms with Crippen molar-refractivity contribution in [1.82, 2.24) is 25.4 Å². The van der Waals surface area contributed by atoms with Crippen molar-refractivity contribution in [1.29, 1.82) is 0 Å². The average Bonchev–Trinajstić information content (AvgIpc) is 3.27. The highest BCUT2D eigenvalue weighted by Crippen LogP contribution is 2.08. The van der Waals surface area contributed by atoms with Gasteiger partial charge in [0.2, 0.25) is 11.3 Å². The molecule has 0 radical (unpaired) electrons. The minimum absolute atomic E-state index is 0.0279. The molecule has 0 aliphatic carbocycles. The number of aromatic amines is 1. The Hall–Kier alpha value is -4.20. The zero-order valence-electron chi connectivity index (χ0n) is 16.7. The Balaban J connectivity index is 1.26. The van der Waals surface area contributed by atoms with Gasteiger partial charge < -0.3 is 15.6 Å². The van der Waals surface area contributed by atoms with Crippen LogP contribution in [-0.4, -0.2) is 39.7 Å². The van der Waals surface area contributed by atoms with Crippen molar-refractivity contribution in [3.8, 4) is 5.69 Å². The van der Waals surface area contributed by atoms with E-state index in [9.17, 15) is 14.4 Å². The summed E-state index contributed by atoms with van der Waals surface area (Å²) in [6.45, 7) is 0.195. The Morgan fingerprint density at radius 3 is 2.61 bits per heavy atom. The number of nitrogens with one attached hydrogen (secondary N) is 3. The van der Waals surface area contributed by atoms with Crippen molar-refractivity contribution in [2.24, 2.45) is 0 Å². The molecule has 4 aromatic rings. The quantitative estimate of drug-likeness (QED) is 0.428. The lowest BCUT2D eigenvalue weighted by Crippen LogP contribution is -2.39. The molecule has 0 aliphatic heterocycles. The first-order valence-electron chi connectivity index (χ1n) is 9.86. The zero-order valence-corrected chi connectivity index (χ0v) is 16.7. The van der Waals surface area contributed by atoms with Crippen LogP contribution in [0.4, 0.5) is 0 Å². The van der Waals surface area contributed by atoms with Gasteiger partial charge in [0.25, 0.3) is 5.91 Å². The summed E-state index contributed by atoms with van der Waals surface area (Å²) in [4.78, 5) is 39.8. The van der Waals surface area contributed by atoms with Crippen molar-refractivity contribution in [3.63, 3.8) is 0 Å². The highest BCUT2D eigenvalue weighted by molar-refractivity contribution is 5.98. The first-order chi connectivity index (χ1) is 15.1. The van der Waals surface area contributed by atoms with E-state index in [1.807, 2.05) is 36.5 Å². The van der Waals surface area contributed by atoms with Crippen LogP contribution in [0.3, 0.4) is 0 Å². The van der Waals surface area contributed by atoms with E-state index >= 15 is 0 Å². The second-order valence-electron chi connectivity index (χ2n) is 6.99. The first-order valence-corrected chi connectivity index (χ1v) is 9.86. The van der Waals surface area contributed by atoms with E-state index in [2.05, 4.69) is 20.7 Å². The number of para-hydroxylation sites is 2. The van der Waals surface area contributed by atoms with E-state index in [0.29, 0.717) is 23.9 Å². The van der Waals surface area contributed by atoms with Crippen LogP contribution in [0.15, 0.2) is 78.0 Å². The number of amides is 2. The predicted octanol–water partition coefficient (Wildman–Crippen LogP) is 1.80. The Labute approximate surface area is 177 Å². The molecule has 0 spiro atoms. The van der Waals surface area contributed by atoms with E-state index < -0.39 is 5.91 Å². The summed E-state index contributed by atoms with van der Waals surface area (Å²) in [5.74, 6) is -0.924. The van der Waals surface area contributed by atoms with Gasteiger partial charge in [-0.25, -0.2) is 4.68 Å². The fraction of sp³-hybridized carbons (Fsp3) is 0.130. The SMILES string of the molecule is O=C(CNC(=O)c1c[nH]c2ccccc2c1=O)NCCc1cnn(-c2ccccc2)c1. The summed E-state index contributed by atoms with van der Waals surface area (Å²) in [6, 6.07) is 16.7. The van der Waals surface area contributed by atoms with E-state index in [0.717, 1.165) is 11.3 Å². The normalized spacial score (nSPS) is 10.7. The molecule has 31 heavy (non-hydrogen) atoms. The Morgan fingerprint density at radius 2 is 1.77 bits per heavy atom. The molecule has 0 unspecified atom stereocenters. The van der Waals surface area contributed by atoms with Gasteiger partial charge in [0.05, 0.1) is 18.4 Å². The standard InChI is InChI=1S/C23H21N5O3/c29-21(24-11-10-16-12-27-28(15-16)17-6-2-1-3-7-17)14-26-23(31)19-13-25-20-9-5-4-8-18(20)22(19)30/h1-9,12-13,15H,10-11,14H2,(H,24,29)(H,25,30)(H,26,31). The van der Waals surface area contributed by atoms with E-state index in [1.165, 1.54) is 6.20 Å². The van der Waals surface area contributed by atoms with Crippen molar-refractivity contribution in [2.75, 3.05) is 13.1 Å². The number of hydrogen-bond donors (Lipinski definition) is 3. The largest absolute Gasteiger partial charge is 0.360 e. The van der Waals surface area contributed by atoms with Gasteiger partial charge in [0.1, 0.15) is 5.56 Å². The fourth-order valence-electron chi connectivity index (χ4n) is 3.21. The van der Waals surface area contributed by atoms with Gasteiger partial charge in [0, 0.05) is 29.8 Å². The molecule has 0 bridgehead atoms.